The minimum atomic E-state index is -0.614. The molecule has 0 radical (unpaired) electrons. The monoisotopic (exact) mass is 266 g/mol. The molecule has 3 fully saturated rings. The summed E-state index contributed by atoms with van der Waals surface area (Å²) < 4.78 is 6.14. The Labute approximate surface area is 117 Å². The van der Waals surface area contributed by atoms with Crippen molar-refractivity contribution < 1.29 is 9.84 Å². The highest BCUT2D eigenvalue weighted by Gasteiger charge is 2.55. The molecule has 0 amide bonds. The molecule has 0 aromatic carbocycles. The summed E-state index contributed by atoms with van der Waals surface area (Å²) in [6, 6.07) is 0. The zero-order valence-electron chi connectivity index (χ0n) is 12.9. The number of aliphatic hydroxyl groups is 1. The van der Waals surface area contributed by atoms with Gasteiger partial charge in [0.05, 0.1) is 6.10 Å². The molecule has 6 unspecified atom stereocenters. The van der Waals surface area contributed by atoms with Gasteiger partial charge in [0.2, 0.25) is 0 Å². The van der Waals surface area contributed by atoms with Crippen molar-refractivity contribution in [2.45, 2.75) is 72.2 Å². The molecule has 3 aliphatic rings. The molecule has 2 nitrogen and oxygen atoms in total. The van der Waals surface area contributed by atoms with Gasteiger partial charge in [-0.3, -0.25) is 0 Å². The van der Waals surface area contributed by atoms with E-state index < -0.39 is 6.29 Å². The molecule has 3 rings (SSSR count). The molecule has 6 atom stereocenters. The number of ether oxygens (including phenoxy) is 1. The summed E-state index contributed by atoms with van der Waals surface area (Å²) in [5, 5.41) is 10.5. The molecule has 110 valence electrons. The van der Waals surface area contributed by atoms with Crippen molar-refractivity contribution in [3.8, 4) is 0 Å². The third-order valence-corrected chi connectivity index (χ3v) is 6.80. The lowest BCUT2D eigenvalue weighted by Gasteiger charge is -2.39. The van der Waals surface area contributed by atoms with Gasteiger partial charge in [-0.15, -0.1) is 0 Å². The average Bonchev–Trinajstić information content (AvgIpc) is 2.99. The van der Waals surface area contributed by atoms with Crippen LogP contribution >= 0.6 is 0 Å². The third-order valence-electron chi connectivity index (χ3n) is 6.80. The van der Waals surface area contributed by atoms with Crippen LogP contribution in [0.5, 0.6) is 0 Å². The van der Waals surface area contributed by atoms with E-state index in [0.717, 1.165) is 23.7 Å². The van der Waals surface area contributed by atoms with Crippen LogP contribution < -0.4 is 0 Å². The first-order chi connectivity index (χ1) is 8.91. The van der Waals surface area contributed by atoms with Gasteiger partial charge in [-0.25, -0.2) is 0 Å². The summed E-state index contributed by atoms with van der Waals surface area (Å²) in [6.07, 6.45) is 6.59. The summed E-state index contributed by atoms with van der Waals surface area (Å²) in [5.41, 5.74) is -0.156. The van der Waals surface area contributed by atoms with Gasteiger partial charge in [0, 0.05) is 5.41 Å². The largest absolute Gasteiger partial charge is 0.367 e. The predicted molar refractivity (Wildman–Crippen MR) is 76.5 cm³/mol. The lowest BCUT2D eigenvalue weighted by Crippen LogP contribution is -2.41. The van der Waals surface area contributed by atoms with E-state index in [1.807, 2.05) is 0 Å². The summed E-state index contributed by atoms with van der Waals surface area (Å²) >= 11 is 0. The fourth-order valence-electron chi connectivity index (χ4n) is 4.79. The van der Waals surface area contributed by atoms with Gasteiger partial charge in [0.15, 0.2) is 6.29 Å². The normalized spacial score (nSPS) is 42.9. The summed E-state index contributed by atoms with van der Waals surface area (Å²) in [5.74, 6) is 3.99. The van der Waals surface area contributed by atoms with Crippen LogP contribution in [0.1, 0.15) is 59.8 Å². The molecule has 0 aromatic heterocycles. The van der Waals surface area contributed by atoms with Crippen LogP contribution in [0, 0.1) is 35.0 Å². The molecular weight excluding hydrogens is 236 g/mol. The van der Waals surface area contributed by atoms with E-state index in [4.69, 9.17) is 4.74 Å². The topological polar surface area (TPSA) is 29.5 Å². The maximum atomic E-state index is 10.5. The Morgan fingerprint density at radius 1 is 1.05 bits per heavy atom. The summed E-state index contributed by atoms with van der Waals surface area (Å²) in [6.45, 7) is 8.57. The highest BCUT2D eigenvalue weighted by molar-refractivity contribution is 5.04. The Bertz CT molecular complexity index is 336. The number of rotatable bonds is 4. The molecule has 2 bridgehead atoms. The van der Waals surface area contributed by atoms with Crippen molar-refractivity contribution >= 4 is 0 Å². The second-order valence-corrected chi connectivity index (χ2v) is 8.16. The zero-order chi connectivity index (χ0) is 13.8. The van der Waals surface area contributed by atoms with E-state index in [2.05, 4.69) is 27.7 Å². The molecule has 0 spiro atoms. The van der Waals surface area contributed by atoms with Gasteiger partial charge < -0.3 is 9.84 Å². The Kier molecular flexibility index (Phi) is 3.46. The van der Waals surface area contributed by atoms with E-state index >= 15 is 0 Å². The molecule has 1 N–H and O–H groups in total. The number of aliphatic hydroxyl groups excluding tert-OH is 1. The summed E-state index contributed by atoms with van der Waals surface area (Å²) in [4.78, 5) is 0. The van der Waals surface area contributed by atoms with Crippen molar-refractivity contribution in [2.75, 3.05) is 0 Å². The maximum Gasteiger partial charge on any atom is 0.160 e. The highest BCUT2D eigenvalue weighted by Crippen LogP contribution is 2.59. The number of fused-ring (bicyclic) bond motifs is 5. The minimum absolute atomic E-state index is 0.156. The van der Waals surface area contributed by atoms with Gasteiger partial charge in [-0.05, 0) is 55.3 Å². The van der Waals surface area contributed by atoms with Crippen molar-refractivity contribution in [1.29, 1.82) is 0 Å². The smallest absolute Gasteiger partial charge is 0.160 e. The zero-order valence-corrected chi connectivity index (χ0v) is 12.9. The fourth-order valence-corrected chi connectivity index (χ4v) is 4.79. The fraction of sp³-hybridized carbons (Fsp3) is 1.00. The van der Waals surface area contributed by atoms with Crippen LogP contribution in [0.15, 0.2) is 0 Å². The number of hydrogen-bond donors (Lipinski definition) is 1. The standard InChI is InChI=1S/C17H30O2/c1-10(2)17(3,4)16(18)19-15-9-11-8-14(15)13-7-5-6-12(11)13/h10-16,18H,5-9H2,1-4H3. The van der Waals surface area contributed by atoms with Gasteiger partial charge in [-0.2, -0.15) is 0 Å². The van der Waals surface area contributed by atoms with Gasteiger partial charge in [-0.1, -0.05) is 34.1 Å². The number of hydrogen-bond acceptors (Lipinski definition) is 2. The molecule has 19 heavy (non-hydrogen) atoms. The van der Waals surface area contributed by atoms with Crippen LogP contribution in [0.3, 0.4) is 0 Å². The molecule has 3 aliphatic carbocycles. The molecule has 0 aliphatic heterocycles. The molecular formula is C17H30O2. The lowest BCUT2D eigenvalue weighted by molar-refractivity contribution is -0.216. The molecule has 0 aromatic rings. The average molecular weight is 266 g/mol. The molecule has 2 heteroatoms. The van der Waals surface area contributed by atoms with E-state index in [1.54, 1.807) is 0 Å². The SMILES string of the molecule is CC(C)C(C)(C)C(O)OC1CC2CC1C1CCCC21. The Morgan fingerprint density at radius 2 is 1.74 bits per heavy atom. The first-order valence-electron chi connectivity index (χ1n) is 8.24. The van der Waals surface area contributed by atoms with E-state index in [1.165, 1.54) is 32.1 Å². The van der Waals surface area contributed by atoms with E-state index in [-0.39, 0.29) is 5.41 Å². The van der Waals surface area contributed by atoms with Crippen molar-refractivity contribution in [1.82, 2.24) is 0 Å². The molecule has 0 saturated heterocycles. The van der Waals surface area contributed by atoms with Crippen LogP contribution in [0.4, 0.5) is 0 Å². The van der Waals surface area contributed by atoms with Crippen molar-refractivity contribution in [3.05, 3.63) is 0 Å². The quantitative estimate of drug-likeness (QED) is 0.784. The van der Waals surface area contributed by atoms with Gasteiger partial charge in [0.25, 0.3) is 0 Å². The van der Waals surface area contributed by atoms with Crippen molar-refractivity contribution in [2.24, 2.45) is 35.0 Å². The van der Waals surface area contributed by atoms with Gasteiger partial charge >= 0.3 is 0 Å². The molecule has 3 saturated carbocycles. The maximum absolute atomic E-state index is 10.5. The predicted octanol–water partition coefficient (Wildman–Crippen LogP) is 3.83. The van der Waals surface area contributed by atoms with Gasteiger partial charge in [0.1, 0.15) is 0 Å². The second-order valence-electron chi connectivity index (χ2n) is 8.16. The Balaban J connectivity index is 1.63. The van der Waals surface area contributed by atoms with Crippen LogP contribution in [-0.4, -0.2) is 17.5 Å². The van der Waals surface area contributed by atoms with Crippen LogP contribution in [0.2, 0.25) is 0 Å². The Hall–Kier alpha value is -0.0800. The van der Waals surface area contributed by atoms with Crippen LogP contribution in [-0.2, 0) is 4.74 Å². The minimum Gasteiger partial charge on any atom is -0.367 e. The summed E-state index contributed by atoms with van der Waals surface area (Å²) in [7, 11) is 0. The van der Waals surface area contributed by atoms with Crippen molar-refractivity contribution in [3.63, 3.8) is 0 Å². The second kappa shape index (κ2) is 4.73. The first-order valence-corrected chi connectivity index (χ1v) is 8.24. The highest BCUT2D eigenvalue weighted by atomic mass is 16.6. The Morgan fingerprint density at radius 3 is 2.42 bits per heavy atom. The first kappa shape index (κ1) is 13.9. The molecule has 0 heterocycles. The lowest BCUT2D eigenvalue weighted by atomic mass is 9.78. The van der Waals surface area contributed by atoms with Crippen LogP contribution in [0.25, 0.3) is 0 Å². The van der Waals surface area contributed by atoms with E-state index in [0.29, 0.717) is 12.0 Å². The third kappa shape index (κ3) is 2.15. The van der Waals surface area contributed by atoms with E-state index in [9.17, 15) is 5.11 Å².